The summed E-state index contributed by atoms with van der Waals surface area (Å²) < 4.78 is 5.11. The first-order valence-corrected chi connectivity index (χ1v) is 5.75. The van der Waals surface area contributed by atoms with Crippen LogP contribution in [-0.2, 0) is 9.59 Å². The monoisotopic (exact) mass is 254 g/mol. The van der Waals surface area contributed by atoms with Crippen LogP contribution in [0.5, 0.6) is 0 Å². The van der Waals surface area contributed by atoms with Gasteiger partial charge in [0, 0.05) is 0 Å². The molecule has 1 aliphatic heterocycles. The van der Waals surface area contributed by atoms with Gasteiger partial charge >= 0.3 is 5.91 Å². The van der Waals surface area contributed by atoms with Crippen LogP contribution in [0.2, 0.25) is 0 Å². The van der Waals surface area contributed by atoms with Crippen LogP contribution >= 0.6 is 0 Å². The average Bonchev–Trinajstić information content (AvgIpc) is 3.02. The average molecular weight is 254 g/mol. The first-order chi connectivity index (χ1) is 9.16. The topological polar surface area (TPSA) is 62.9 Å². The molecule has 0 saturated carbocycles. The Labute approximate surface area is 109 Å². The third-order valence-electron chi connectivity index (χ3n) is 2.83. The zero-order valence-electron chi connectivity index (χ0n) is 10.2. The quantitative estimate of drug-likeness (QED) is 0.769. The third-order valence-corrected chi connectivity index (χ3v) is 2.83. The number of anilines is 1. The van der Waals surface area contributed by atoms with E-state index in [0.29, 0.717) is 11.4 Å². The van der Waals surface area contributed by atoms with Crippen molar-refractivity contribution < 1.29 is 14.0 Å². The number of hydrazone groups is 1. The van der Waals surface area contributed by atoms with Gasteiger partial charge in [-0.05, 0) is 31.2 Å². The molecule has 0 atom stereocenters. The Balaban J connectivity index is 2.01. The third kappa shape index (κ3) is 1.85. The van der Waals surface area contributed by atoms with E-state index in [0.717, 1.165) is 10.6 Å². The minimum atomic E-state index is -0.671. The van der Waals surface area contributed by atoms with Crippen LogP contribution in [0.15, 0.2) is 52.2 Å². The molecule has 0 aliphatic carbocycles. The van der Waals surface area contributed by atoms with E-state index in [9.17, 15) is 9.59 Å². The molecular formula is C14H10N2O3. The van der Waals surface area contributed by atoms with Crippen LogP contribution in [0, 0.1) is 6.92 Å². The molecule has 5 heteroatoms. The fourth-order valence-corrected chi connectivity index (χ4v) is 1.82. The highest BCUT2D eigenvalue weighted by Gasteiger charge is 2.36. The Kier molecular flexibility index (Phi) is 2.52. The van der Waals surface area contributed by atoms with Gasteiger partial charge in [0.1, 0.15) is 0 Å². The van der Waals surface area contributed by atoms with Gasteiger partial charge in [-0.1, -0.05) is 17.7 Å². The Morgan fingerprint density at radius 2 is 1.84 bits per heavy atom. The van der Waals surface area contributed by atoms with Gasteiger partial charge in [0.05, 0.1) is 12.0 Å². The second-order valence-electron chi connectivity index (χ2n) is 4.21. The molecule has 1 aromatic heterocycles. The summed E-state index contributed by atoms with van der Waals surface area (Å²) in [7, 11) is 0. The lowest BCUT2D eigenvalue weighted by molar-refractivity contribution is -0.131. The zero-order chi connectivity index (χ0) is 13.4. The first kappa shape index (κ1) is 11.4. The van der Waals surface area contributed by atoms with Crippen molar-refractivity contribution in [3.8, 4) is 0 Å². The molecule has 0 N–H and O–H groups in total. The predicted molar refractivity (Wildman–Crippen MR) is 68.9 cm³/mol. The van der Waals surface area contributed by atoms with Crippen molar-refractivity contribution in [2.75, 3.05) is 5.01 Å². The highest BCUT2D eigenvalue weighted by atomic mass is 16.3. The molecule has 0 bridgehead atoms. The maximum Gasteiger partial charge on any atom is 0.321 e. The van der Waals surface area contributed by atoms with Crippen LogP contribution in [0.1, 0.15) is 11.3 Å². The van der Waals surface area contributed by atoms with E-state index < -0.39 is 11.7 Å². The summed E-state index contributed by atoms with van der Waals surface area (Å²) in [5.74, 6) is -1.03. The van der Waals surface area contributed by atoms with Gasteiger partial charge in [0.2, 0.25) is 0 Å². The van der Waals surface area contributed by atoms with Crippen molar-refractivity contribution >= 4 is 23.1 Å². The number of furan rings is 1. The van der Waals surface area contributed by atoms with Crippen molar-refractivity contribution in [3.05, 3.63) is 54.0 Å². The molecule has 19 heavy (non-hydrogen) atoms. The van der Waals surface area contributed by atoms with E-state index in [2.05, 4.69) is 5.10 Å². The summed E-state index contributed by atoms with van der Waals surface area (Å²) in [5, 5.41) is 5.15. The van der Waals surface area contributed by atoms with Gasteiger partial charge in [-0.25, -0.2) is 0 Å². The largest absolute Gasteiger partial charge is 0.462 e. The van der Waals surface area contributed by atoms with Crippen molar-refractivity contribution in [2.24, 2.45) is 5.10 Å². The molecule has 3 rings (SSSR count). The van der Waals surface area contributed by atoms with E-state index in [1.165, 1.54) is 6.26 Å². The van der Waals surface area contributed by atoms with E-state index in [-0.39, 0.29) is 5.71 Å². The van der Waals surface area contributed by atoms with Gasteiger partial charge in [0.15, 0.2) is 11.5 Å². The Hall–Kier alpha value is -2.69. The summed E-state index contributed by atoms with van der Waals surface area (Å²) in [6.45, 7) is 1.94. The lowest BCUT2D eigenvalue weighted by Crippen LogP contribution is -2.27. The highest BCUT2D eigenvalue weighted by Crippen LogP contribution is 2.21. The molecule has 1 amide bonds. The van der Waals surface area contributed by atoms with Gasteiger partial charge in [-0.3, -0.25) is 9.59 Å². The minimum Gasteiger partial charge on any atom is -0.462 e. The SMILES string of the molecule is Cc1ccc(N2N=C(c3ccco3)C(=O)C2=O)cc1. The minimum absolute atomic E-state index is 0.0376. The second-order valence-corrected chi connectivity index (χ2v) is 4.21. The van der Waals surface area contributed by atoms with Crippen LogP contribution in [0.3, 0.4) is 0 Å². The molecule has 94 valence electrons. The Bertz CT molecular complexity index is 669. The number of benzene rings is 1. The van der Waals surface area contributed by atoms with E-state index in [1.807, 2.05) is 19.1 Å². The van der Waals surface area contributed by atoms with Gasteiger partial charge < -0.3 is 4.42 Å². The van der Waals surface area contributed by atoms with Crippen molar-refractivity contribution in [1.29, 1.82) is 0 Å². The number of hydrogen-bond acceptors (Lipinski definition) is 4. The van der Waals surface area contributed by atoms with E-state index >= 15 is 0 Å². The molecule has 0 spiro atoms. The molecule has 5 nitrogen and oxygen atoms in total. The highest BCUT2D eigenvalue weighted by molar-refractivity contribution is 6.72. The maximum absolute atomic E-state index is 11.9. The van der Waals surface area contributed by atoms with Crippen LogP contribution in [-0.4, -0.2) is 17.4 Å². The fraction of sp³-hybridized carbons (Fsp3) is 0.0714. The Morgan fingerprint density at radius 1 is 1.11 bits per heavy atom. The van der Waals surface area contributed by atoms with Crippen LogP contribution in [0.4, 0.5) is 5.69 Å². The fourth-order valence-electron chi connectivity index (χ4n) is 1.82. The summed E-state index contributed by atoms with van der Waals surface area (Å²) >= 11 is 0. The number of ketones is 1. The molecule has 2 aromatic rings. The molecule has 1 aliphatic rings. The van der Waals surface area contributed by atoms with Crippen molar-refractivity contribution in [3.63, 3.8) is 0 Å². The number of hydrogen-bond donors (Lipinski definition) is 0. The van der Waals surface area contributed by atoms with E-state index in [1.54, 1.807) is 24.3 Å². The molecule has 0 fully saturated rings. The smallest absolute Gasteiger partial charge is 0.321 e. The number of amides is 1. The molecule has 2 heterocycles. The second kappa shape index (κ2) is 4.20. The lowest BCUT2D eigenvalue weighted by Gasteiger charge is -2.10. The predicted octanol–water partition coefficient (Wildman–Crippen LogP) is 1.91. The molecule has 1 aromatic carbocycles. The van der Waals surface area contributed by atoms with Crippen LogP contribution in [0.25, 0.3) is 0 Å². The molecular weight excluding hydrogens is 244 g/mol. The van der Waals surface area contributed by atoms with Crippen molar-refractivity contribution in [1.82, 2.24) is 0 Å². The maximum atomic E-state index is 11.9. The summed E-state index contributed by atoms with van der Waals surface area (Å²) in [6, 6.07) is 10.4. The standard InChI is InChI=1S/C14H10N2O3/c1-9-4-6-10(7-5-9)16-14(18)13(17)12(15-16)11-3-2-8-19-11/h2-8H,1H3. The number of aryl methyl sites for hydroxylation is 1. The van der Waals surface area contributed by atoms with Crippen molar-refractivity contribution in [2.45, 2.75) is 6.92 Å². The normalized spacial score (nSPS) is 15.0. The lowest BCUT2D eigenvalue weighted by atomic mass is 10.2. The Morgan fingerprint density at radius 3 is 2.47 bits per heavy atom. The first-order valence-electron chi connectivity index (χ1n) is 5.75. The van der Waals surface area contributed by atoms with E-state index in [4.69, 9.17) is 4.42 Å². The summed E-state index contributed by atoms with van der Waals surface area (Å²) in [5.41, 5.74) is 1.66. The molecule has 0 saturated heterocycles. The number of carbonyl (C=O) groups excluding carboxylic acids is 2. The zero-order valence-corrected chi connectivity index (χ0v) is 10.2. The summed E-state index contributed by atoms with van der Waals surface area (Å²) in [4.78, 5) is 23.8. The van der Waals surface area contributed by atoms with Gasteiger partial charge in [-0.2, -0.15) is 10.1 Å². The number of nitrogens with zero attached hydrogens (tertiary/aromatic N) is 2. The molecule has 0 radical (unpaired) electrons. The number of rotatable bonds is 2. The molecule has 0 unspecified atom stereocenters. The van der Waals surface area contributed by atoms with Gasteiger partial charge in [-0.15, -0.1) is 0 Å². The summed E-state index contributed by atoms with van der Waals surface area (Å²) in [6.07, 6.45) is 1.43. The van der Waals surface area contributed by atoms with Gasteiger partial charge in [0.25, 0.3) is 5.78 Å². The van der Waals surface area contributed by atoms with Crippen LogP contribution < -0.4 is 5.01 Å². The number of Topliss-reactive ketones (excluding diaryl/α,β-unsaturated/α-hetero) is 1. The number of carbonyl (C=O) groups is 2.